The lowest BCUT2D eigenvalue weighted by molar-refractivity contribution is -0.117. The highest BCUT2D eigenvalue weighted by Gasteiger charge is 1.98. The van der Waals surface area contributed by atoms with E-state index < -0.39 is 0 Å². The molecule has 0 aromatic carbocycles. The summed E-state index contributed by atoms with van der Waals surface area (Å²) in [7, 11) is 0. The van der Waals surface area contributed by atoms with Gasteiger partial charge in [0.05, 0.1) is 0 Å². The first-order chi connectivity index (χ1) is 6.60. The van der Waals surface area contributed by atoms with Crippen LogP contribution in [0.25, 0.3) is 0 Å². The molecule has 0 aliphatic rings. The highest BCUT2D eigenvalue weighted by molar-refractivity contribution is 5.75. The minimum absolute atomic E-state index is 0.227. The zero-order valence-electron chi connectivity index (χ0n) is 9.42. The van der Waals surface area contributed by atoms with Gasteiger partial charge in [0, 0.05) is 25.9 Å². The minimum Gasteiger partial charge on any atom is -0.300 e. The third kappa shape index (κ3) is 6.40. The Hall–Kier alpha value is -1.12. The van der Waals surface area contributed by atoms with E-state index in [9.17, 15) is 4.79 Å². The van der Waals surface area contributed by atoms with Gasteiger partial charge in [0.1, 0.15) is 5.78 Å². The molecule has 80 valence electrons. The van der Waals surface area contributed by atoms with Crippen LogP contribution >= 0.6 is 0 Å². The molecule has 0 radical (unpaired) electrons. The summed E-state index contributed by atoms with van der Waals surface area (Å²) in [5.74, 6) is 0.227. The molecule has 0 saturated heterocycles. The van der Waals surface area contributed by atoms with Crippen LogP contribution in [0.15, 0.2) is 16.9 Å². The molecule has 0 amide bonds. The fraction of sp³-hybridized carbons (Fsp3) is 0.636. The van der Waals surface area contributed by atoms with E-state index in [1.54, 1.807) is 11.9 Å². The SMILES string of the molecule is C=NN(/C=C(\C)CC)CCCC(C)=O. The van der Waals surface area contributed by atoms with Crippen LogP contribution in [0.4, 0.5) is 0 Å². The zero-order chi connectivity index (χ0) is 11.0. The van der Waals surface area contributed by atoms with Crippen molar-refractivity contribution in [2.45, 2.75) is 40.0 Å². The first-order valence-corrected chi connectivity index (χ1v) is 5.00. The summed E-state index contributed by atoms with van der Waals surface area (Å²) >= 11 is 0. The highest BCUT2D eigenvalue weighted by atomic mass is 16.1. The van der Waals surface area contributed by atoms with Crippen LogP contribution in [0.2, 0.25) is 0 Å². The third-order valence-corrected chi connectivity index (χ3v) is 2.02. The summed E-state index contributed by atoms with van der Waals surface area (Å²) in [6, 6.07) is 0. The molecule has 3 heteroatoms. The van der Waals surface area contributed by atoms with Gasteiger partial charge in [-0.1, -0.05) is 12.5 Å². The molecule has 0 unspecified atom stereocenters. The lowest BCUT2D eigenvalue weighted by atomic mass is 10.2. The molecule has 0 heterocycles. The Morgan fingerprint density at radius 3 is 2.57 bits per heavy atom. The number of hydrogen-bond donors (Lipinski definition) is 0. The van der Waals surface area contributed by atoms with Gasteiger partial charge in [0.25, 0.3) is 0 Å². The first-order valence-electron chi connectivity index (χ1n) is 5.00. The maximum Gasteiger partial charge on any atom is 0.129 e. The highest BCUT2D eigenvalue weighted by Crippen LogP contribution is 2.04. The Kier molecular flexibility index (Phi) is 6.72. The Morgan fingerprint density at radius 2 is 2.14 bits per heavy atom. The maximum atomic E-state index is 10.7. The van der Waals surface area contributed by atoms with Crippen LogP contribution < -0.4 is 0 Å². The number of ketones is 1. The maximum absolute atomic E-state index is 10.7. The van der Waals surface area contributed by atoms with Crippen molar-refractivity contribution >= 4 is 12.5 Å². The number of hydrogen-bond acceptors (Lipinski definition) is 3. The smallest absolute Gasteiger partial charge is 0.129 e. The van der Waals surface area contributed by atoms with Gasteiger partial charge in [-0.05, 0) is 26.7 Å². The summed E-state index contributed by atoms with van der Waals surface area (Å²) in [4.78, 5) is 10.7. The normalized spacial score (nSPS) is 11.2. The van der Waals surface area contributed by atoms with Crippen LogP contribution in [0.3, 0.4) is 0 Å². The standard InChI is InChI=1S/C11H20N2O/c1-5-10(2)9-13(12-4)8-6-7-11(3)14/h9H,4-8H2,1-3H3/b10-9+. The van der Waals surface area contributed by atoms with Crippen molar-refractivity contribution in [1.82, 2.24) is 5.01 Å². The quantitative estimate of drug-likeness (QED) is 0.463. The molecule has 0 spiro atoms. The average Bonchev–Trinajstić information content (AvgIpc) is 2.15. The van der Waals surface area contributed by atoms with E-state index in [1.165, 1.54) is 5.57 Å². The molecule has 0 aromatic heterocycles. The number of carbonyl (C=O) groups excluding carboxylic acids is 1. The molecule has 0 fully saturated rings. The van der Waals surface area contributed by atoms with Gasteiger partial charge in [-0.25, -0.2) is 0 Å². The molecule has 0 bridgehead atoms. The summed E-state index contributed by atoms with van der Waals surface area (Å²) in [5.41, 5.74) is 1.26. The van der Waals surface area contributed by atoms with Crippen LogP contribution in [-0.4, -0.2) is 24.1 Å². The van der Waals surface area contributed by atoms with Crippen LogP contribution in [0.1, 0.15) is 40.0 Å². The monoisotopic (exact) mass is 196 g/mol. The van der Waals surface area contributed by atoms with Crippen molar-refractivity contribution in [2.75, 3.05) is 6.54 Å². The predicted molar refractivity (Wildman–Crippen MR) is 60.2 cm³/mol. The lowest BCUT2D eigenvalue weighted by Gasteiger charge is -2.14. The van der Waals surface area contributed by atoms with E-state index in [0.717, 1.165) is 19.4 Å². The number of rotatable bonds is 7. The molecular weight excluding hydrogens is 176 g/mol. The summed E-state index contributed by atoms with van der Waals surface area (Å²) in [6.07, 6.45) is 4.44. The van der Waals surface area contributed by atoms with Crippen LogP contribution in [0, 0.1) is 0 Å². The van der Waals surface area contributed by atoms with Gasteiger partial charge in [0.2, 0.25) is 0 Å². The summed E-state index contributed by atoms with van der Waals surface area (Å²) in [6.45, 7) is 10.0. The number of carbonyl (C=O) groups is 1. The molecule has 0 N–H and O–H groups in total. The van der Waals surface area contributed by atoms with E-state index in [2.05, 4.69) is 25.7 Å². The van der Waals surface area contributed by atoms with Gasteiger partial charge < -0.3 is 4.79 Å². The van der Waals surface area contributed by atoms with Crippen molar-refractivity contribution in [1.29, 1.82) is 0 Å². The van der Waals surface area contributed by atoms with Crippen molar-refractivity contribution < 1.29 is 4.79 Å². The number of hydrazone groups is 1. The van der Waals surface area contributed by atoms with Gasteiger partial charge >= 0.3 is 0 Å². The molecule has 3 nitrogen and oxygen atoms in total. The first kappa shape index (κ1) is 12.9. The van der Waals surface area contributed by atoms with Crippen molar-refractivity contribution in [3.63, 3.8) is 0 Å². The fourth-order valence-corrected chi connectivity index (χ4v) is 1.01. The van der Waals surface area contributed by atoms with Gasteiger partial charge in [-0.3, -0.25) is 5.01 Å². The predicted octanol–water partition coefficient (Wildman–Crippen LogP) is 2.59. The lowest BCUT2D eigenvalue weighted by Crippen LogP contribution is -2.12. The van der Waals surface area contributed by atoms with E-state index in [0.29, 0.717) is 6.42 Å². The van der Waals surface area contributed by atoms with Crippen LogP contribution in [0.5, 0.6) is 0 Å². The number of allylic oxidation sites excluding steroid dienone is 1. The molecule has 0 aliphatic heterocycles. The van der Waals surface area contributed by atoms with Crippen molar-refractivity contribution in [3.8, 4) is 0 Å². The molecule has 0 atom stereocenters. The third-order valence-electron chi connectivity index (χ3n) is 2.02. The van der Waals surface area contributed by atoms with E-state index >= 15 is 0 Å². The summed E-state index contributed by atoms with van der Waals surface area (Å²) in [5, 5.41) is 5.66. The zero-order valence-corrected chi connectivity index (χ0v) is 9.42. The largest absolute Gasteiger partial charge is 0.300 e. The molecule has 0 aromatic rings. The summed E-state index contributed by atoms with van der Waals surface area (Å²) < 4.78 is 0. The Morgan fingerprint density at radius 1 is 1.50 bits per heavy atom. The Labute approximate surface area is 86.5 Å². The van der Waals surface area contributed by atoms with E-state index in [4.69, 9.17) is 0 Å². The Balaban J connectivity index is 3.91. The molecule has 0 aliphatic carbocycles. The molecule has 0 rings (SSSR count). The van der Waals surface area contributed by atoms with Gasteiger partial charge in [-0.15, -0.1) is 0 Å². The average molecular weight is 196 g/mol. The number of nitrogens with zero attached hydrogens (tertiary/aromatic N) is 2. The van der Waals surface area contributed by atoms with Crippen molar-refractivity contribution in [2.24, 2.45) is 5.10 Å². The second-order valence-electron chi connectivity index (χ2n) is 3.44. The van der Waals surface area contributed by atoms with Crippen LogP contribution in [-0.2, 0) is 4.79 Å². The Bertz CT molecular complexity index is 221. The second-order valence-corrected chi connectivity index (χ2v) is 3.44. The second kappa shape index (κ2) is 7.30. The fourth-order valence-electron chi connectivity index (χ4n) is 1.01. The van der Waals surface area contributed by atoms with E-state index in [1.807, 2.05) is 6.20 Å². The van der Waals surface area contributed by atoms with E-state index in [-0.39, 0.29) is 5.78 Å². The van der Waals surface area contributed by atoms with Gasteiger partial charge in [0.15, 0.2) is 0 Å². The number of Topliss-reactive ketones (excluding diaryl/α,β-unsaturated/α-hetero) is 1. The van der Waals surface area contributed by atoms with Crippen molar-refractivity contribution in [3.05, 3.63) is 11.8 Å². The van der Waals surface area contributed by atoms with Gasteiger partial charge in [-0.2, -0.15) is 5.10 Å². The molecule has 0 saturated carbocycles. The molecule has 14 heavy (non-hydrogen) atoms. The molecular formula is C11H20N2O. The minimum atomic E-state index is 0.227. The topological polar surface area (TPSA) is 32.7 Å².